The molecule has 0 fully saturated rings. The third kappa shape index (κ3) is 2.80. The first-order valence-corrected chi connectivity index (χ1v) is 5.98. The molecule has 0 aliphatic heterocycles. The number of nitrogens with zero attached hydrogens (tertiary/aromatic N) is 1. The minimum atomic E-state index is 0.128. The average Bonchev–Trinajstić information content (AvgIpc) is 2.28. The molecular weight excluding hydrogens is 226 g/mol. The molecule has 0 saturated carbocycles. The normalized spacial score (nSPS) is 10.7. The minimum Gasteiger partial charge on any atom is -0.508 e. The van der Waals surface area contributed by atoms with Gasteiger partial charge in [0, 0.05) is 11.8 Å². The Morgan fingerprint density at radius 3 is 2.61 bits per heavy atom. The van der Waals surface area contributed by atoms with E-state index in [-0.39, 0.29) is 11.9 Å². The fraction of sp³-hybridized carbons (Fsp3) is 0.267. The Kier molecular flexibility index (Phi) is 3.51. The summed E-state index contributed by atoms with van der Waals surface area (Å²) in [6.45, 7) is 5.93. The van der Waals surface area contributed by atoms with Crippen LogP contribution in [0.5, 0.6) is 11.5 Å². The van der Waals surface area contributed by atoms with Gasteiger partial charge < -0.3 is 9.84 Å². The minimum absolute atomic E-state index is 0.128. The molecule has 0 atom stereocenters. The monoisotopic (exact) mass is 243 g/mol. The number of pyridine rings is 1. The van der Waals surface area contributed by atoms with E-state index in [9.17, 15) is 5.11 Å². The number of hydrogen-bond acceptors (Lipinski definition) is 3. The first-order chi connectivity index (χ1) is 8.56. The smallest absolute Gasteiger partial charge is 0.138 e. The van der Waals surface area contributed by atoms with Crippen molar-refractivity contribution in [1.29, 1.82) is 0 Å². The lowest BCUT2D eigenvalue weighted by atomic mass is 10.0. The molecule has 0 saturated heterocycles. The van der Waals surface area contributed by atoms with Crippen molar-refractivity contribution < 1.29 is 9.84 Å². The topological polar surface area (TPSA) is 42.4 Å². The lowest BCUT2D eigenvalue weighted by molar-refractivity contribution is 0.241. The Hall–Kier alpha value is -2.03. The zero-order chi connectivity index (χ0) is 13.1. The fourth-order valence-electron chi connectivity index (χ4n) is 1.87. The number of phenols is 1. The van der Waals surface area contributed by atoms with Crippen LogP contribution < -0.4 is 4.74 Å². The van der Waals surface area contributed by atoms with Gasteiger partial charge >= 0.3 is 0 Å². The predicted octanol–water partition coefficient (Wildman–Crippen LogP) is 3.55. The Labute approximate surface area is 107 Å². The van der Waals surface area contributed by atoms with Gasteiger partial charge in [-0.25, -0.2) is 0 Å². The summed E-state index contributed by atoms with van der Waals surface area (Å²) in [5.41, 5.74) is 3.05. The highest BCUT2D eigenvalue weighted by Gasteiger charge is 2.05. The molecule has 0 bridgehead atoms. The van der Waals surface area contributed by atoms with Crippen molar-refractivity contribution in [2.45, 2.75) is 26.9 Å². The number of rotatable bonds is 3. The maximum Gasteiger partial charge on any atom is 0.138 e. The number of aromatic hydroxyl groups is 1. The van der Waals surface area contributed by atoms with Crippen molar-refractivity contribution in [3.05, 3.63) is 42.2 Å². The van der Waals surface area contributed by atoms with Gasteiger partial charge in [-0.3, -0.25) is 4.98 Å². The number of benzene rings is 1. The molecule has 1 aromatic heterocycles. The molecular formula is C15H17NO2. The molecule has 1 aromatic carbocycles. The van der Waals surface area contributed by atoms with E-state index in [0.717, 1.165) is 22.4 Å². The molecule has 94 valence electrons. The number of phenolic OH excluding ortho intramolecular Hbond substituents is 1. The Morgan fingerprint density at radius 1 is 1.17 bits per heavy atom. The quantitative estimate of drug-likeness (QED) is 0.896. The molecule has 0 spiro atoms. The Bertz CT molecular complexity index is 550. The van der Waals surface area contributed by atoms with E-state index in [4.69, 9.17) is 4.74 Å². The maximum absolute atomic E-state index is 9.42. The summed E-state index contributed by atoms with van der Waals surface area (Å²) in [4.78, 5) is 4.19. The highest BCUT2D eigenvalue weighted by atomic mass is 16.5. The third-order valence-corrected chi connectivity index (χ3v) is 2.61. The van der Waals surface area contributed by atoms with Gasteiger partial charge in [0.05, 0.1) is 12.3 Å². The second kappa shape index (κ2) is 5.08. The van der Waals surface area contributed by atoms with E-state index >= 15 is 0 Å². The summed E-state index contributed by atoms with van der Waals surface area (Å²) < 4.78 is 5.63. The van der Waals surface area contributed by atoms with Crippen LogP contribution in [0.15, 0.2) is 36.7 Å². The summed E-state index contributed by atoms with van der Waals surface area (Å²) >= 11 is 0. The van der Waals surface area contributed by atoms with Gasteiger partial charge in [0.2, 0.25) is 0 Å². The van der Waals surface area contributed by atoms with Crippen molar-refractivity contribution >= 4 is 0 Å². The second-order valence-corrected chi connectivity index (χ2v) is 4.58. The number of ether oxygens (including phenoxy) is 1. The third-order valence-electron chi connectivity index (χ3n) is 2.61. The SMILES string of the molecule is Cc1cc(O)ccc1-c1cncc(OC(C)C)c1. The van der Waals surface area contributed by atoms with Gasteiger partial charge in [-0.1, -0.05) is 6.07 Å². The van der Waals surface area contributed by atoms with Crippen LogP contribution in [0.2, 0.25) is 0 Å². The molecule has 1 heterocycles. The number of aromatic nitrogens is 1. The van der Waals surface area contributed by atoms with E-state index < -0.39 is 0 Å². The lowest BCUT2D eigenvalue weighted by Gasteiger charge is -2.11. The molecule has 2 aromatic rings. The molecule has 2 rings (SSSR count). The van der Waals surface area contributed by atoms with Crippen molar-refractivity contribution in [2.24, 2.45) is 0 Å². The standard InChI is InChI=1S/C15H17NO2/c1-10(2)18-14-7-12(8-16-9-14)15-5-4-13(17)6-11(15)3/h4-10,17H,1-3H3. The van der Waals surface area contributed by atoms with Gasteiger partial charge in [0.25, 0.3) is 0 Å². The van der Waals surface area contributed by atoms with Crippen LogP contribution in [0, 0.1) is 6.92 Å². The van der Waals surface area contributed by atoms with Gasteiger partial charge in [-0.05, 0) is 50.1 Å². The van der Waals surface area contributed by atoms with Gasteiger partial charge in [0.15, 0.2) is 0 Å². The lowest BCUT2D eigenvalue weighted by Crippen LogP contribution is -2.05. The van der Waals surface area contributed by atoms with Crippen LogP contribution in [0.25, 0.3) is 11.1 Å². The first-order valence-electron chi connectivity index (χ1n) is 5.98. The van der Waals surface area contributed by atoms with Crippen LogP contribution in [-0.4, -0.2) is 16.2 Å². The molecule has 0 aliphatic rings. The number of aryl methyl sites for hydroxylation is 1. The molecule has 0 radical (unpaired) electrons. The number of hydrogen-bond donors (Lipinski definition) is 1. The Morgan fingerprint density at radius 2 is 1.94 bits per heavy atom. The highest BCUT2D eigenvalue weighted by molar-refractivity contribution is 5.68. The summed E-state index contributed by atoms with van der Waals surface area (Å²) in [5, 5.41) is 9.42. The van der Waals surface area contributed by atoms with Gasteiger partial charge in [0.1, 0.15) is 11.5 Å². The van der Waals surface area contributed by atoms with Crippen molar-refractivity contribution in [3.63, 3.8) is 0 Å². The zero-order valence-corrected chi connectivity index (χ0v) is 10.8. The first kappa shape index (κ1) is 12.4. The summed E-state index contributed by atoms with van der Waals surface area (Å²) in [5.74, 6) is 1.04. The molecule has 1 N–H and O–H groups in total. The molecule has 3 heteroatoms. The van der Waals surface area contributed by atoms with E-state index in [1.165, 1.54) is 0 Å². The predicted molar refractivity (Wildman–Crippen MR) is 71.8 cm³/mol. The molecule has 0 aliphatic carbocycles. The van der Waals surface area contributed by atoms with Crippen molar-refractivity contribution in [2.75, 3.05) is 0 Å². The molecule has 18 heavy (non-hydrogen) atoms. The van der Waals surface area contributed by atoms with Gasteiger partial charge in [-0.2, -0.15) is 0 Å². The van der Waals surface area contributed by atoms with Crippen LogP contribution in [0.1, 0.15) is 19.4 Å². The van der Waals surface area contributed by atoms with E-state index in [1.807, 2.05) is 32.9 Å². The zero-order valence-electron chi connectivity index (χ0n) is 10.8. The van der Waals surface area contributed by atoms with Crippen LogP contribution in [0.3, 0.4) is 0 Å². The van der Waals surface area contributed by atoms with Crippen molar-refractivity contribution in [1.82, 2.24) is 4.98 Å². The van der Waals surface area contributed by atoms with Crippen LogP contribution in [0.4, 0.5) is 0 Å². The maximum atomic E-state index is 9.42. The Balaban J connectivity index is 2.38. The van der Waals surface area contributed by atoms with E-state index in [2.05, 4.69) is 4.98 Å². The molecule has 0 unspecified atom stereocenters. The highest BCUT2D eigenvalue weighted by Crippen LogP contribution is 2.28. The molecule has 3 nitrogen and oxygen atoms in total. The van der Waals surface area contributed by atoms with Gasteiger partial charge in [-0.15, -0.1) is 0 Å². The second-order valence-electron chi connectivity index (χ2n) is 4.58. The van der Waals surface area contributed by atoms with E-state index in [1.54, 1.807) is 24.5 Å². The van der Waals surface area contributed by atoms with Crippen molar-refractivity contribution in [3.8, 4) is 22.6 Å². The average molecular weight is 243 g/mol. The summed E-state index contributed by atoms with van der Waals surface area (Å²) in [7, 11) is 0. The largest absolute Gasteiger partial charge is 0.508 e. The van der Waals surface area contributed by atoms with Crippen LogP contribution >= 0.6 is 0 Å². The summed E-state index contributed by atoms with van der Waals surface area (Å²) in [6, 6.07) is 7.27. The van der Waals surface area contributed by atoms with Crippen LogP contribution in [-0.2, 0) is 0 Å². The molecule has 0 amide bonds. The summed E-state index contributed by atoms with van der Waals surface area (Å²) in [6.07, 6.45) is 3.63. The fourth-order valence-corrected chi connectivity index (χ4v) is 1.87. The van der Waals surface area contributed by atoms with E-state index in [0.29, 0.717) is 0 Å².